The van der Waals surface area contributed by atoms with Crippen molar-refractivity contribution in [3.63, 3.8) is 0 Å². The first-order valence-corrected chi connectivity index (χ1v) is 30.1. The average Bonchev–Trinajstić information content (AvgIpc) is 1.67. The monoisotopic (exact) mass is 1100 g/mol. The van der Waals surface area contributed by atoms with Crippen molar-refractivity contribution in [1.29, 1.82) is 0 Å². The summed E-state index contributed by atoms with van der Waals surface area (Å²) in [4.78, 5) is 0. The van der Waals surface area contributed by atoms with Crippen LogP contribution in [0.4, 0.5) is 0 Å². The minimum atomic E-state index is -0.412. The van der Waals surface area contributed by atoms with E-state index in [2.05, 4.69) is 349 Å². The molecule has 0 bridgehead atoms. The molecule has 0 spiro atoms. The van der Waals surface area contributed by atoms with Gasteiger partial charge >= 0.3 is 0 Å². The Morgan fingerprint density at radius 2 is 0.552 bits per heavy atom. The molecule has 2 aromatic heterocycles. The number of nitrogens with zero attached hydrogens (tertiary/aromatic N) is 2. The zero-order valence-corrected chi connectivity index (χ0v) is 47.7. The molecule has 0 aliphatic heterocycles. The molecular formula is C85H56N2. The molecule has 0 N–H and O–H groups in total. The van der Waals surface area contributed by atoms with Gasteiger partial charge in [-0.05, 0) is 155 Å². The Bertz CT molecular complexity index is 5230. The Balaban J connectivity index is 0.651. The highest BCUT2D eigenvalue weighted by molar-refractivity contribution is 6.13. The summed E-state index contributed by atoms with van der Waals surface area (Å²) in [5.74, 6) is 0. The van der Waals surface area contributed by atoms with E-state index in [0.717, 1.165) is 11.4 Å². The third-order valence-electron chi connectivity index (χ3n) is 18.5. The van der Waals surface area contributed by atoms with Gasteiger partial charge in [0.05, 0.1) is 33.2 Å². The molecule has 0 fully saturated rings. The van der Waals surface area contributed by atoms with Gasteiger partial charge in [0, 0.05) is 32.8 Å². The van der Waals surface area contributed by atoms with Gasteiger partial charge in [-0.15, -0.1) is 0 Å². The maximum Gasteiger partial charge on any atom is 0.0713 e. The minimum Gasteiger partial charge on any atom is -0.309 e. The number of fused-ring (bicyclic) bond motifs is 9. The fourth-order valence-corrected chi connectivity index (χ4v) is 14.4. The summed E-state index contributed by atoms with van der Waals surface area (Å²) in [6, 6.07) is 125. The van der Waals surface area contributed by atoms with Crippen LogP contribution in [0.25, 0.3) is 133 Å². The average molecular weight is 1110 g/mol. The van der Waals surface area contributed by atoms with Crippen molar-refractivity contribution in [1.82, 2.24) is 9.13 Å². The second-order valence-corrected chi connectivity index (χ2v) is 23.1. The number of rotatable bonds is 10. The van der Waals surface area contributed by atoms with Crippen molar-refractivity contribution in [3.8, 4) is 89.3 Å². The van der Waals surface area contributed by atoms with E-state index in [0.29, 0.717) is 0 Å². The van der Waals surface area contributed by atoms with Gasteiger partial charge in [0.15, 0.2) is 0 Å². The SMILES string of the molecule is c1ccc(-c2ccc(-n3c4ccccc4c4cc(-c5ccc6c(c5)c5ccccc5n6-c5ccccc5-c5ccc(-c6ccc(-c7cccc(-c8ccc(C9(c%10ccccc%10)c%10ccccc%10-c%10ccccc%109)cc8)c7)cc6)cc5)ccc43)cc2)cc1. The molecule has 2 heterocycles. The van der Waals surface area contributed by atoms with Gasteiger partial charge in [0.25, 0.3) is 0 Å². The fourth-order valence-electron chi connectivity index (χ4n) is 14.4. The largest absolute Gasteiger partial charge is 0.309 e. The van der Waals surface area contributed by atoms with Gasteiger partial charge in [-0.25, -0.2) is 0 Å². The van der Waals surface area contributed by atoms with E-state index in [1.54, 1.807) is 0 Å². The van der Waals surface area contributed by atoms with Crippen LogP contribution in [0, 0.1) is 0 Å². The zero-order valence-electron chi connectivity index (χ0n) is 47.7. The molecule has 16 aromatic rings. The van der Waals surface area contributed by atoms with E-state index in [1.165, 1.54) is 144 Å². The topological polar surface area (TPSA) is 9.86 Å². The third-order valence-corrected chi connectivity index (χ3v) is 18.5. The molecule has 2 nitrogen and oxygen atoms in total. The van der Waals surface area contributed by atoms with Gasteiger partial charge in [-0.1, -0.05) is 279 Å². The summed E-state index contributed by atoms with van der Waals surface area (Å²) in [7, 11) is 0. The summed E-state index contributed by atoms with van der Waals surface area (Å²) in [6.07, 6.45) is 0. The van der Waals surface area contributed by atoms with Crippen molar-refractivity contribution < 1.29 is 0 Å². The highest BCUT2D eigenvalue weighted by atomic mass is 15.0. The number of hydrogen-bond donors (Lipinski definition) is 0. The van der Waals surface area contributed by atoms with Crippen molar-refractivity contribution >= 4 is 43.6 Å². The van der Waals surface area contributed by atoms with Crippen LogP contribution in [0.1, 0.15) is 22.3 Å². The second kappa shape index (κ2) is 20.5. The van der Waals surface area contributed by atoms with Crippen LogP contribution in [0.15, 0.2) is 340 Å². The molecule has 0 amide bonds. The molecule has 14 aromatic carbocycles. The van der Waals surface area contributed by atoms with Gasteiger partial charge in [0.2, 0.25) is 0 Å². The van der Waals surface area contributed by atoms with Crippen LogP contribution in [0.3, 0.4) is 0 Å². The Hall–Kier alpha value is -11.3. The smallest absolute Gasteiger partial charge is 0.0713 e. The summed E-state index contributed by atoms with van der Waals surface area (Å²) in [5.41, 5.74) is 28.8. The van der Waals surface area contributed by atoms with E-state index in [4.69, 9.17) is 0 Å². The predicted octanol–water partition coefficient (Wildman–Crippen LogP) is 22.2. The normalized spacial score (nSPS) is 12.5. The summed E-state index contributed by atoms with van der Waals surface area (Å²) in [6.45, 7) is 0. The lowest BCUT2D eigenvalue weighted by molar-refractivity contribution is 0.768. The second-order valence-electron chi connectivity index (χ2n) is 23.1. The number of aromatic nitrogens is 2. The molecule has 87 heavy (non-hydrogen) atoms. The van der Waals surface area contributed by atoms with E-state index in [-0.39, 0.29) is 0 Å². The number of benzene rings is 14. The van der Waals surface area contributed by atoms with Gasteiger partial charge in [-0.3, -0.25) is 0 Å². The lowest BCUT2D eigenvalue weighted by Crippen LogP contribution is -2.28. The van der Waals surface area contributed by atoms with Crippen molar-refractivity contribution in [2.24, 2.45) is 0 Å². The summed E-state index contributed by atoms with van der Waals surface area (Å²) in [5, 5.41) is 4.95. The molecule has 0 saturated carbocycles. The van der Waals surface area contributed by atoms with Gasteiger partial charge in [-0.2, -0.15) is 0 Å². The van der Waals surface area contributed by atoms with E-state index in [1.807, 2.05) is 0 Å². The summed E-state index contributed by atoms with van der Waals surface area (Å²) >= 11 is 0. The van der Waals surface area contributed by atoms with Crippen LogP contribution in [0.2, 0.25) is 0 Å². The van der Waals surface area contributed by atoms with Crippen molar-refractivity contribution in [3.05, 3.63) is 362 Å². The Labute approximate surface area is 506 Å². The zero-order chi connectivity index (χ0) is 57.4. The molecule has 0 atom stereocenters. The Morgan fingerprint density at radius 3 is 1.13 bits per heavy atom. The van der Waals surface area contributed by atoms with Crippen LogP contribution in [-0.2, 0) is 5.41 Å². The van der Waals surface area contributed by atoms with Crippen LogP contribution >= 0.6 is 0 Å². The molecular weight excluding hydrogens is 1050 g/mol. The Morgan fingerprint density at radius 1 is 0.195 bits per heavy atom. The molecule has 0 unspecified atom stereocenters. The van der Waals surface area contributed by atoms with E-state index < -0.39 is 5.41 Å². The van der Waals surface area contributed by atoms with Gasteiger partial charge in [0.1, 0.15) is 0 Å². The van der Waals surface area contributed by atoms with Gasteiger partial charge < -0.3 is 9.13 Å². The number of para-hydroxylation sites is 3. The molecule has 1 aliphatic carbocycles. The number of hydrogen-bond acceptors (Lipinski definition) is 0. The molecule has 2 heteroatoms. The lowest BCUT2D eigenvalue weighted by atomic mass is 9.67. The predicted molar refractivity (Wildman–Crippen MR) is 365 cm³/mol. The third kappa shape index (κ3) is 8.17. The highest BCUT2D eigenvalue weighted by Gasteiger charge is 2.45. The standard InChI is InChI=1S/C85H56N2/c1-3-18-57(19-4-1)60-44-50-70(51-45-60)86-81-32-15-10-27-74(81)76-55-66(46-52-83(76)86)67-47-53-84-77(56-67)75-28-11-16-33-82(75)87(84)80-31-14-9-24-71(80)63-40-38-59(39-41-63)58-34-36-61(37-35-58)64-20-17-21-65(54-64)62-42-48-69(49-43-62)85(68-22-5-2-6-23-68)78-29-12-7-25-72(78)73-26-8-13-30-79(73)85/h1-56H. The first-order chi connectivity index (χ1) is 43.1. The van der Waals surface area contributed by atoms with Crippen molar-refractivity contribution in [2.75, 3.05) is 0 Å². The fraction of sp³-hybridized carbons (Fsp3) is 0.0118. The molecule has 0 saturated heterocycles. The van der Waals surface area contributed by atoms with Crippen molar-refractivity contribution in [2.45, 2.75) is 5.41 Å². The maximum atomic E-state index is 2.45. The lowest BCUT2D eigenvalue weighted by Gasteiger charge is -2.34. The quantitative estimate of drug-likeness (QED) is 0.129. The molecule has 406 valence electrons. The van der Waals surface area contributed by atoms with Crippen LogP contribution < -0.4 is 0 Å². The highest BCUT2D eigenvalue weighted by Crippen LogP contribution is 2.56. The maximum absolute atomic E-state index is 2.45. The first-order valence-electron chi connectivity index (χ1n) is 30.1. The molecule has 0 radical (unpaired) electrons. The van der Waals surface area contributed by atoms with E-state index in [9.17, 15) is 0 Å². The Kier molecular flexibility index (Phi) is 11.8. The summed E-state index contributed by atoms with van der Waals surface area (Å²) < 4.78 is 4.86. The van der Waals surface area contributed by atoms with Crippen LogP contribution in [0.5, 0.6) is 0 Å². The van der Waals surface area contributed by atoms with Crippen LogP contribution in [-0.4, -0.2) is 9.13 Å². The minimum absolute atomic E-state index is 0.412. The molecule has 1 aliphatic rings. The first kappa shape index (κ1) is 50.2. The van der Waals surface area contributed by atoms with E-state index >= 15 is 0 Å². The molecule has 17 rings (SSSR count).